The number of thiophene rings is 1. The average Bonchev–Trinajstić information content (AvgIpc) is 3.01. The van der Waals surface area contributed by atoms with Crippen molar-refractivity contribution in [3.63, 3.8) is 0 Å². The van der Waals surface area contributed by atoms with Crippen LogP contribution in [0.2, 0.25) is 5.02 Å². The number of rotatable bonds is 2. The van der Waals surface area contributed by atoms with Crippen LogP contribution < -0.4 is 9.64 Å². The van der Waals surface area contributed by atoms with Crippen molar-refractivity contribution in [1.82, 2.24) is 4.90 Å². The normalized spacial score (nSPS) is 15.9. The first-order valence-electron chi connectivity index (χ1n) is 8.53. The molecule has 1 aliphatic rings. The van der Waals surface area contributed by atoms with E-state index in [1.54, 1.807) is 44.4 Å². The van der Waals surface area contributed by atoms with E-state index in [1.807, 2.05) is 0 Å². The van der Waals surface area contributed by atoms with E-state index >= 15 is 0 Å². The second-order valence-electron chi connectivity index (χ2n) is 6.61. The van der Waals surface area contributed by atoms with Gasteiger partial charge in [-0.1, -0.05) is 23.7 Å². The zero-order chi connectivity index (χ0) is 20.0. The maximum Gasteiger partial charge on any atom is 0.270 e. The molecule has 2 heterocycles. The molecule has 5 nitrogen and oxygen atoms in total. The van der Waals surface area contributed by atoms with Crippen molar-refractivity contribution >= 4 is 50.5 Å². The Balaban J connectivity index is 1.77. The van der Waals surface area contributed by atoms with Crippen LogP contribution in [-0.4, -0.2) is 43.5 Å². The molecular weight excluding hydrogens is 403 g/mol. The number of likely N-dealkylation sites (N-methyl/N-ethyl adjacent to an activating group) is 1. The van der Waals surface area contributed by atoms with Gasteiger partial charge in [0.15, 0.2) is 6.10 Å². The van der Waals surface area contributed by atoms with Gasteiger partial charge in [0, 0.05) is 24.2 Å². The number of amides is 2. The lowest BCUT2D eigenvalue weighted by molar-refractivity contribution is -0.135. The molecule has 0 bridgehead atoms. The van der Waals surface area contributed by atoms with E-state index < -0.39 is 11.9 Å². The fourth-order valence-electron chi connectivity index (χ4n) is 3.14. The predicted molar refractivity (Wildman–Crippen MR) is 108 cm³/mol. The van der Waals surface area contributed by atoms with Gasteiger partial charge in [0.25, 0.3) is 11.8 Å². The minimum Gasteiger partial charge on any atom is -0.476 e. The topological polar surface area (TPSA) is 49.9 Å². The quantitative estimate of drug-likeness (QED) is 0.627. The predicted octanol–water partition coefficient (Wildman–Crippen LogP) is 4.19. The summed E-state index contributed by atoms with van der Waals surface area (Å²) in [5.74, 6) is -0.529. The van der Waals surface area contributed by atoms with Gasteiger partial charge in [-0.25, -0.2) is 4.39 Å². The average molecular weight is 419 g/mol. The van der Waals surface area contributed by atoms with Crippen molar-refractivity contribution in [3.8, 4) is 5.75 Å². The Kier molecular flexibility index (Phi) is 4.72. The molecule has 0 aliphatic carbocycles. The van der Waals surface area contributed by atoms with Crippen LogP contribution in [0.15, 0.2) is 42.5 Å². The SMILES string of the molecule is CN(C)C(=O)C1CN(C(=O)c2sc3cc(F)ccc3c2Cl)c2ccccc2O1. The molecule has 28 heavy (non-hydrogen) atoms. The summed E-state index contributed by atoms with van der Waals surface area (Å²) >= 11 is 7.57. The van der Waals surface area contributed by atoms with Crippen molar-refractivity contribution in [2.45, 2.75) is 6.10 Å². The molecule has 3 aromatic rings. The number of hydrogen-bond donors (Lipinski definition) is 0. The third-order valence-corrected chi connectivity index (χ3v) is 6.17. The van der Waals surface area contributed by atoms with Gasteiger partial charge in [-0.3, -0.25) is 14.5 Å². The van der Waals surface area contributed by atoms with Crippen molar-refractivity contribution in [2.75, 3.05) is 25.5 Å². The molecule has 144 valence electrons. The number of anilines is 1. The van der Waals surface area contributed by atoms with Crippen LogP contribution in [0.1, 0.15) is 9.67 Å². The largest absolute Gasteiger partial charge is 0.476 e. The fraction of sp³-hybridized carbons (Fsp3) is 0.200. The first-order valence-corrected chi connectivity index (χ1v) is 9.72. The van der Waals surface area contributed by atoms with E-state index in [0.717, 1.165) is 11.3 Å². The summed E-state index contributed by atoms with van der Waals surface area (Å²) in [6.07, 6.45) is -0.820. The number of carbonyl (C=O) groups excluding carboxylic acids is 2. The summed E-state index contributed by atoms with van der Waals surface area (Å²) in [5.41, 5.74) is 0.565. The highest BCUT2D eigenvalue weighted by atomic mass is 35.5. The van der Waals surface area contributed by atoms with Crippen LogP contribution in [0.4, 0.5) is 10.1 Å². The molecular formula is C20H16ClFN2O3S. The monoisotopic (exact) mass is 418 g/mol. The summed E-state index contributed by atoms with van der Waals surface area (Å²) in [6.45, 7) is 0.0613. The van der Waals surface area contributed by atoms with Gasteiger partial charge >= 0.3 is 0 Å². The maximum atomic E-state index is 13.6. The smallest absolute Gasteiger partial charge is 0.270 e. The number of nitrogens with zero attached hydrogens (tertiary/aromatic N) is 2. The molecule has 2 amide bonds. The van der Waals surface area contributed by atoms with Crippen LogP contribution in [0.3, 0.4) is 0 Å². The lowest BCUT2D eigenvalue weighted by Crippen LogP contribution is -2.50. The second kappa shape index (κ2) is 7.07. The number of carbonyl (C=O) groups is 2. The van der Waals surface area contributed by atoms with Crippen molar-refractivity contribution < 1.29 is 18.7 Å². The highest BCUT2D eigenvalue weighted by molar-refractivity contribution is 7.21. The van der Waals surface area contributed by atoms with Crippen molar-refractivity contribution in [1.29, 1.82) is 0 Å². The van der Waals surface area contributed by atoms with Crippen LogP contribution >= 0.6 is 22.9 Å². The Hall–Kier alpha value is -2.64. The zero-order valence-electron chi connectivity index (χ0n) is 15.1. The molecule has 0 saturated heterocycles. The first kappa shape index (κ1) is 18.7. The van der Waals surface area contributed by atoms with Crippen LogP contribution in [0.5, 0.6) is 5.75 Å². The lowest BCUT2D eigenvalue weighted by Gasteiger charge is -2.35. The molecule has 1 atom stereocenters. The van der Waals surface area contributed by atoms with E-state index in [-0.39, 0.29) is 23.4 Å². The summed E-state index contributed by atoms with van der Waals surface area (Å²) in [4.78, 5) is 29.0. The number of fused-ring (bicyclic) bond motifs is 2. The van der Waals surface area contributed by atoms with E-state index in [0.29, 0.717) is 26.4 Å². The van der Waals surface area contributed by atoms with E-state index in [2.05, 4.69) is 0 Å². The van der Waals surface area contributed by atoms with Gasteiger partial charge in [-0.2, -0.15) is 0 Å². The number of hydrogen-bond acceptors (Lipinski definition) is 4. The molecule has 4 rings (SSSR count). The molecule has 1 aromatic heterocycles. The molecule has 2 aromatic carbocycles. The fourth-order valence-corrected chi connectivity index (χ4v) is 4.63. The first-order chi connectivity index (χ1) is 13.4. The lowest BCUT2D eigenvalue weighted by atomic mass is 10.1. The third-order valence-electron chi connectivity index (χ3n) is 4.52. The third kappa shape index (κ3) is 3.10. The number of benzene rings is 2. The van der Waals surface area contributed by atoms with Gasteiger partial charge in [0.2, 0.25) is 0 Å². The molecule has 8 heteroatoms. The molecule has 0 spiro atoms. The maximum absolute atomic E-state index is 13.6. The summed E-state index contributed by atoms with van der Waals surface area (Å²) in [5, 5.41) is 0.906. The molecule has 0 saturated carbocycles. The zero-order valence-corrected chi connectivity index (χ0v) is 16.7. The molecule has 0 fully saturated rings. The van der Waals surface area contributed by atoms with Gasteiger partial charge in [-0.05, 0) is 30.3 Å². The molecule has 1 unspecified atom stereocenters. The number of ether oxygens (including phenoxy) is 1. The Bertz CT molecular complexity index is 1100. The standard InChI is InChI=1S/C20H16ClFN2O3S/c1-23(2)19(25)15-10-24(13-5-3-4-6-14(13)27-15)20(26)18-17(21)12-8-7-11(22)9-16(12)28-18/h3-9,15H,10H2,1-2H3. The number of para-hydroxylation sites is 2. The van der Waals surface area contributed by atoms with Crippen LogP contribution in [0, 0.1) is 5.82 Å². The summed E-state index contributed by atoms with van der Waals surface area (Å²) in [6, 6.07) is 11.3. The Labute approximate surface area is 169 Å². The van der Waals surface area contributed by atoms with Gasteiger partial charge in [-0.15, -0.1) is 11.3 Å². The van der Waals surface area contributed by atoms with Gasteiger partial charge < -0.3 is 9.64 Å². The molecule has 1 aliphatic heterocycles. The summed E-state index contributed by atoms with van der Waals surface area (Å²) < 4.78 is 20.0. The molecule has 0 N–H and O–H groups in total. The minimum atomic E-state index is -0.820. The van der Waals surface area contributed by atoms with Crippen LogP contribution in [0.25, 0.3) is 10.1 Å². The van der Waals surface area contributed by atoms with Crippen molar-refractivity contribution in [2.24, 2.45) is 0 Å². The highest BCUT2D eigenvalue weighted by Gasteiger charge is 2.36. The van der Waals surface area contributed by atoms with Crippen molar-refractivity contribution in [3.05, 3.63) is 58.2 Å². The Morgan fingerprint density at radius 3 is 2.75 bits per heavy atom. The highest BCUT2D eigenvalue weighted by Crippen LogP contribution is 2.40. The van der Waals surface area contributed by atoms with Gasteiger partial charge in [0.1, 0.15) is 16.4 Å². The van der Waals surface area contributed by atoms with E-state index in [4.69, 9.17) is 16.3 Å². The Morgan fingerprint density at radius 2 is 2.00 bits per heavy atom. The number of halogens is 2. The Morgan fingerprint density at radius 1 is 1.25 bits per heavy atom. The van der Waals surface area contributed by atoms with E-state index in [1.165, 1.54) is 21.9 Å². The van der Waals surface area contributed by atoms with Gasteiger partial charge in [0.05, 0.1) is 17.3 Å². The minimum absolute atomic E-state index is 0.0613. The molecule has 0 radical (unpaired) electrons. The van der Waals surface area contributed by atoms with E-state index in [9.17, 15) is 14.0 Å². The summed E-state index contributed by atoms with van der Waals surface area (Å²) in [7, 11) is 3.27. The second-order valence-corrected chi connectivity index (χ2v) is 8.04. The van der Waals surface area contributed by atoms with Crippen LogP contribution in [-0.2, 0) is 4.79 Å².